The second kappa shape index (κ2) is 5.99. The van der Waals surface area contributed by atoms with Gasteiger partial charge in [-0.3, -0.25) is 4.79 Å². The second-order valence-corrected chi connectivity index (χ2v) is 5.16. The highest BCUT2D eigenvalue weighted by molar-refractivity contribution is 5.92. The molecule has 2 rings (SSSR count). The highest BCUT2D eigenvalue weighted by Crippen LogP contribution is 2.33. The third-order valence-corrected chi connectivity index (χ3v) is 3.33. The number of hydrogen-bond acceptors (Lipinski definition) is 4. The first-order chi connectivity index (χ1) is 10.6. The van der Waals surface area contributed by atoms with Gasteiger partial charge in [-0.25, -0.2) is 0 Å². The molecule has 0 aliphatic heterocycles. The van der Waals surface area contributed by atoms with Crippen LogP contribution in [0.3, 0.4) is 0 Å². The number of halogens is 3. The van der Waals surface area contributed by atoms with Crippen LogP contribution in [0.2, 0.25) is 0 Å². The highest BCUT2D eigenvalue weighted by Gasteiger charge is 2.29. The van der Waals surface area contributed by atoms with Crippen LogP contribution in [0.4, 0.5) is 13.2 Å². The Kier molecular flexibility index (Phi) is 4.42. The number of nitrogens with two attached hydrogens (primary N) is 1. The number of benzene rings is 1. The van der Waals surface area contributed by atoms with Crippen LogP contribution in [0.5, 0.6) is 5.75 Å². The predicted octanol–water partition coefficient (Wildman–Crippen LogP) is 2.08. The van der Waals surface area contributed by atoms with Crippen molar-refractivity contribution in [2.24, 2.45) is 5.73 Å². The number of ether oxygens (including phenoxy) is 1. The molecule has 4 N–H and O–H groups in total. The molecule has 2 aromatic rings. The molecule has 6 nitrogen and oxygen atoms in total. The first-order valence-corrected chi connectivity index (χ1v) is 6.61. The largest absolute Gasteiger partial charge is 0.482 e. The molecule has 1 unspecified atom stereocenters. The maximum atomic E-state index is 12.3. The van der Waals surface area contributed by atoms with Crippen LogP contribution in [0.15, 0.2) is 18.3 Å². The van der Waals surface area contributed by atoms with Gasteiger partial charge in [-0.15, -0.1) is 0 Å². The third-order valence-electron chi connectivity index (χ3n) is 3.33. The minimum absolute atomic E-state index is 0.0434. The van der Waals surface area contributed by atoms with Crippen molar-refractivity contribution in [3.05, 3.63) is 29.5 Å². The summed E-state index contributed by atoms with van der Waals surface area (Å²) in [6.07, 6.45) is -3.37. The zero-order chi connectivity index (χ0) is 17.4. The van der Waals surface area contributed by atoms with Gasteiger partial charge in [0.1, 0.15) is 17.3 Å². The lowest BCUT2D eigenvalue weighted by Gasteiger charge is -2.12. The molecule has 1 heterocycles. The van der Waals surface area contributed by atoms with Crippen LogP contribution in [-0.4, -0.2) is 39.8 Å². The standard InChI is InChI=1S/C14H15F3N2O4/c1-7-2-3-10(23-6-14(15,16)17)12-11(7)8(5-19(12)22)4-9(18)13(20)21/h2-3,5,9,22H,4,6,18H2,1H3,(H,20,21). The second-order valence-electron chi connectivity index (χ2n) is 5.16. The summed E-state index contributed by atoms with van der Waals surface area (Å²) in [6, 6.07) is 1.65. The Bertz CT molecular complexity index is 740. The summed E-state index contributed by atoms with van der Waals surface area (Å²) in [7, 11) is 0. The van der Waals surface area contributed by atoms with Crippen molar-refractivity contribution in [3.8, 4) is 5.75 Å². The monoisotopic (exact) mass is 332 g/mol. The van der Waals surface area contributed by atoms with Gasteiger partial charge in [-0.1, -0.05) is 6.07 Å². The fourth-order valence-corrected chi connectivity index (χ4v) is 2.34. The van der Waals surface area contributed by atoms with Crippen LogP contribution >= 0.6 is 0 Å². The highest BCUT2D eigenvalue weighted by atomic mass is 19.4. The molecule has 0 aliphatic rings. The maximum absolute atomic E-state index is 12.3. The van der Waals surface area contributed by atoms with Gasteiger partial charge in [-0.2, -0.15) is 17.9 Å². The van der Waals surface area contributed by atoms with E-state index < -0.39 is 24.8 Å². The lowest BCUT2D eigenvalue weighted by atomic mass is 10.0. The Labute approximate surface area is 128 Å². The van der Waals surface area contributed by atoms with E-state index in [1.54, 1.807) is 6.92 Å². The molecule has 0 bridgehead atoms. The number of carboxylic acids is 1. The van der Waals surface area contributed by atoms with Gasteiger partial charge in [0.05, 0.1) is 0 Å². The van der Waals surface area contributed by atoms with E-state index in [-0.39, 0.29) is 17.7 Å². The summed E-state index contributed by atoms with van der Waals surface area (Å²) in [6.45, 7) is 0.186. The molecular formula is C14H15F3N2O4. The molecule has 0 radical (unpaired) electrons. The number of alkyl halides is 3. The minimum Gasteiger partial charge on any atom is -0.482 e. The number of rotatable bonds is 5. The molecule has 9 heteroatoms. The molecule has 1 aromatic heterocycles. The van der Waals surface area contributed by atoms with Crippen molar-refractivity contribution in [1.29, 1.82) is 0 Å². The van der Waals surface area contributed by atoms with Gasteiger partial charge >= 0.3 is 12.1 Å². The molecule has 0 aliphatic carbocycles. The summed E-state index contributed by atoms with van der Waals surface area (Å²) >= 11 is 0. The van der Waals surface area contributed by atoms with Crippen molar-refractivity contribution in [1.82, 2.24) is 4.73 Å². The average molecular weight is 332 g/mol. The van der Waals surface area contributed by atoms with Crippen molar-refractivity contribution in [3.63, 3.8) is 0 Å². The normalized spacial score (nSPS) is 13.3. The number of aromatic nitrogens is 1. The topological polar surface area (TPSA) is 97.7 Å². The first-order valence-electron chi connectivity index (χ1n) is 6.61. The molecule has 0 saturated carbocycles. The smallest absolute Gasteiger partial charge is 0.422 e. The Morgan fingerprint density at radius 1 is 1.43 bits per heavy atom. The van der Waals surface area contributed by atoms with Gasteiger partial charge in [-0.05, 0) is 24.1 Å². The molecule has 126 valence electrons. The van der Waals surface area contributed by atoms with Crippen molar-refractivity contribution in [2.75, 3.05) is 6.61 Å². The number of aryl methyl sites for hydroxylation is 1. The lowest BCUT2D eigenvalue weighted by Crippen LogP contribution is -2.32. The maximum Gasteiger partial charge on any atom is 0.422 e. The van der Waals surface area contributed by atoms with Gasteiger partial charge in [0.15, 0.2) is 6.61 Å². The van der Waals surface area contributed by atoms with Crippen LogP contribution in [0.1, 0.15) is 11.1 Å². The first kappa shape index (κ1) is 16.9. The Hall–Kier alpha value is -2.42. The molecule has 23 heavy (non-hydrogen) atoms. The van der Waals surface area contributed by atoms with E-state index in [0.29, 0.717) is 21.2 Å². The van der Waals surface area contributed by atoms with E-state index in [1.807, 2.05) is 0 Å². The predicted molar refractivity (Wildman–Crippen MR) is 74.7 cm³/mol. The van der Waals surface area contributed by atoms with Gasteiger partial charge in [0.2, 0.25) is 0 Å². The number of hydrogen-bond donors (Lipinski definition) is 3. The van der Waals surface area contributed by atoms with Gasteiger partial charge in [0.25, 0.3) is 0 Å². The molecule has 0 spiro atoms. The van der Waals surface area contributed by atoms with E-state index >= 15 is 0 Å². The number of nitrogens with zero attached hydrogens (tertiary/aromatic N) is 1. The Balaban J connectivity index is 2.47. The SMILES string of the molecule is Cc1ccc(OCC(F)(F)F)c2c1c(CC(N)C(=O)O)cn2O. The summed E-state index contributed by atoms with van der Waals surface area (Å²) in [4.78, 5) is 10.9. The molecule has 1 atom stereocenters. The quantitative estimate of drug-likeness (QED) is 0.728. The third kappa shape index (κ3) is 3.67. The number of aliphatic carboxylic acids is 1. The Morgan fingerprint density at radius 3 is 2.65 bits per heavy atom. The van der Waals surface area contributed by atoms with Crippen LogP contribution < -0.4 is 10.5 Å². The van der Waals surface area contributed by atoms with Crippen molar-refractivity contribution in [2.45, 2.75) is 25.6 Å². The zero-order valence-electron chi connectivity index (χ0n) is 12.1. The zero-order valence-corrected chi connectivity index (χ0v) is 12.1. The fraction of sp³-hybridized carbons (Fsp3) is 0.357. The van der Waals surface area contributed by atoms with E-state index in [0.717, 1.165) is 0 Å². The van der Waals surface area contributed by atoms with E-state index in [1.165, 1.54) is 18.3 Å². The van der Waals surface area contributed by atoms with Crippen LogP contribution in [0, 0.1) is 6.92 Å². The summed E-state index contributed by atoms with van der Waals surface area (Å²) in [5, 5.41) is 19.2. The van der Waals surface area contributed by atoms with Crippen LogP contribution in [0.25, 0.3) is 10.9 Å². The fourth-order valence-electron chi connectivity index (χ4n) is 2.34. The minimum atomic E-state index is -4.52. The van der Waals surface area contributed by atoms with E-state index in [4.69, 9.17) is 15.6 Å². The summed E-state index contributed by atoms with van der Waals surface area (Å²) in [5.41, 5.74) is 6.59. The molecule has 0 amide bonds. The van der Waals surface area contributed by atoms with Gasteiger partial charge < -0.3 is 20.8 Å². The number of fused-ring (bicyclic) bond motifs is 1. The van der Waals surface area contributed by atoms with Gasteiger partial charge in [0, 0.05) is 18.0 Å². The van der Waals surface area contributed by atoms with E-state index in [9.17, 15) is 23.2 Å². The van der Waals surface area contributed by atoms with Crippen molar-refractivity contribution >= 4 is 16.9 Å². The molecule has 0 saturated heterocycles. The molecule has 1 aromatic carbocycles. The van der Waals surface area contributed by atoms with Crippen molar-refractivity contribution < 1.29 is 33.0 Å². The molecule has 0 fully saturated rings. The summed E-state index contributed by atoms with van der Waals surface area (Å²) in [5.74, 6) is -1.37. The number of carbonyl (C=O) groups is 1. The van der Waals surface area contributed by atoms with Crippen LogP contribution in [-0.2, 0) is 11.2 Å². The average Bonchev–Trinajstić information content (AvgIpc) is 2.75. The summed E-state index contributed by atoms with van der Waals surface area (Å²) < 4.78 is 42.3. The molecular weight excluding hydrogens is 317 g/mol. The van der Waals surface area contributed by atoms with E-state index in [2.05, 4.69) is 0 Å². The number of carboxylic acid groups (broad SMARTS) is 1. The Morgan fingerprint density at radius 2 is 2.09 bits per heavy atom. The lowest BCUT2D eigenvalue weighted by molar-refractivity contribution is -0.153.